The van der Waals surface area contributed by atoms with Crippen LogP contribution < -0.4 is 9.62 Å². The monoisotopic (exact) mass is 535 g/mol. The molecule has 0 saturated carbocycles. The van der Waals surface area contributed by atoms with Crippen molar-refractivity contribution in [3.63, 3.8) is 0 Å². The van der Waals surface area contributed by atoms with E-state index < -0.39 is 28.5 Å². The Balaban J connectivity index is 2.08. The van der Waals surface area contributed by atoms with Crippen LogP contribution in [0.2, 0.25) is 0 Å². The number of benzene rings is 3. The van der Waals surface area contributed by atoms with Gasteiger partial charge in [-0.2, -0.15) is 0 Å². The maximum Gasteiger partial charge on any atom is 0.264 e. The minimum absolute atomic E-state index is 0.0955. The number of hydrogen-bond acceptors (Lipinski definition) is 4. The fourth-order valence-corrected chi connectivity index (χ4v) is 5.79. The Kier molecular flexibility index (Phi) is 9.33. The van der Waals surface area contributed by atoms with E-state index in [9.17, 15) is 18.0 Å². The summed E-state index contributed by atoms with van der Waals surface area (Å²) in [5, 5.41) is 2.78. The molecule has 0 aliphatic carbocycles. The number of anilines is 1. The number of aryl methyl sites for hydroxylation is 4. The van der Waals surface area contributed by atoms with Crippen LogP contribution >= 0.6 is 0 Å². The molecular weight excluding hydrogens is 498 g/mol. The SMILES string of the molecule is CCNC(=O)C(C)N(Cc1ccccc1C)C(=O)CN(c1ccc(C)cc1C)S(=O)(=O)c1ccc(C)cc1. The molecule has 38 heavy (non-hydrogen) atoms. The molecule has 1 unspecified atom stereocenters. The number of carbonyl (C=O) groups excluding carboxylic acids is 2. The van der Waals surface area contributed by atoms with Crippen molar-refractivity contribution >= 4 is 27.5 Å². The number of sulfonamides is 1. The summed E-state index contributed by atoms with van der Waals surface area (Å²) in [6, 6.07) is 18.8. The first-order valence-corrected chi connectivity index (χ1v) is 14.2. The lowest BCUT2D eigenvalue weighted by Gasteiger charge is -2.32. The molecule has 7 nitrogen and oxygen atoms in total. The first-order chi connectivity index (χ1) is 17.9. The number of nitrogens with zero attached hydrogens (tertiary/aromatic N) is 2. The number of nitrogens with one attached hydrogen (secondary N) is 1. The van der Waals surface area contributed by atoms with Crippen molar-refractivity contribution in [1.29, 1.82) is 0 Å². The highest BCUT2D eigenvalue weighted by Crippen LogP contribution is 2.28. The van der Waals surface area contributed by atoms with Crippen molar-refractivity contribution < 1.29 is 18.0 Å². The molecule has 2 amide bonds. The zero-order valence-electron chi connectivity index (χ0n) is 23.0. The lowest BCUT2D eigenvalue weighted by molar-refractivity contribution is -0.139. The maximum atomic E-state index is 13.9. The van der Waals surface area contributed by atoms with Crippen LogP contribution in [0.25, 0.3) is 0 Å². The van der Waals surface area contributed by atoms with Crippen LogP contribution in [0.15, 0.2) is 71.6 Å². The highest BCUT2D eigenvalue weighted by molar-refractivity contribution is 7.92. The van der Waals surface area contributed by atoms with Crippen LogP contribution in [0, 0.1) is 27.7 Å². The average molecular weight is 536 g/mol. The predicted octanol–water partition coefficient (Wildman–Crippen LogP) is 4.67. The van der Waals surface area contributed by atoms with Gasteiger partial charge in [0.1, 0.15) is 12.6 Å². The Morgan fingerprint density at radius 2 is 1.50 bits per heavy atom. The van der Waals surface area contributed by atoms with E-state index in [1.165, 1.54) is 4.90 Å². The van der Waals surface area contributed by atoms with Gasteiger partial charge in [0, 0.05) is 13.1 Å². The summed E-state index contributed by atoms with van der Waals surface area (Å²) in [4.78, 5) is 28.3. The lowest BCUT2D eigenvalue weighted by Crippen LogP contribution is -2.51. The van der Waals surface area contributed by atoms with Gasteiger partial charge in [-0.3, -0.25) is 13.9 Å². The minimum atomic E-state index is -4.09. The summed E-state index contributed by atoms with van der Waals surface area (Å²) in [6.07, 6.45) is 0. The van der Waals surface area contributed by atoms with Crippen molar-refractivity contribution in [1.82, 2.24) is 10.2 Å². The second-order valence-corrected chi connectivity index (χ2v) is 11.5. The third kappa shape index (κ3) is 6.61. The third-order valence-electron chi connectivity index (χ3n) is 6.63. The van der Waals surface area contributed by atoms with Crippen LogP contribution in [-0.2, 0) is 26.2 Å². The van der Waals surface area contributed by atoms with E-state index in [0.717, 1.165) is 32.1 Å². The molecule has 0 spiro atoms. The summed E-state index contributed by atoms with van der Waals surface area (Å²) in [7, 11) is -4.09. The summed E-state index contributed by atoms with van der Waals surface area (Å²) in [5.74, 6) is -0.767. The zero-order chi connectivity index (χ0) is 28.0. The summed E-state index contributed by atoms with van der Waals surface area (Å²) in [6.45, 7) is 11.2. The van der Waals surface area contributed by atoms with Crippen LogP contribution in [0.3, 0.4) is 0 Å². The highest BCUT2D eigenvalue weighted by Gasteiger charge is 2.33. The Morgan fingerprint density at radius 1 is 0.868 bits per heavy atom. The van der Waals surface area contributed by atoms with Gasteiger partial charge in [-0.15, -0.1) is 0 Å². The lowest BCUT2D eigenvalue weighted by atomic mass is 10.1. The number of carbonyl (C=O) groups is 2. The van der Waals surface area contributed by atoms with E-state index in [1.807, 2.05) is 71.0 Å². The molecule has 0 radical (unpaired) electrons. The van der Waals surface area contributed by atoms with Crippen LogP contribution in [0.5, 0.6) is 0 Å². The Labute approximate surface area is 226 Å². The molecule has 0 aliphatic rings. The summed E-state index contributed by atoms with van der Waals surface area (Å²) in [5.41, 5.74) is 4.93. The number of hydrogen-bond donors (Lipinski definition) is 1. The molecule has 0 bridgehead atoms. The van der Waals surface area contributed by atoms with E-state index in [1.54, 1.807) is 37.3 Å². The van der Waals surface area contributed by atoms with E-state index in [-0.39, 0.29) is 17.3 Å². The molecule has 202 valence electrons. The molecular formula is C30H37N3O4S. The van der Waals surface area contributed by atoms with Crippen molar-refractivity contribution in [2.24, 2.45) is 0 Å². The molecule has 1 atom stereocenters. The Hall–Kier alpha value is -3.65. The van der Waals surface area contributed by atoms with Crippen molar-refractivity contribution in [3.8, 4) is 0 Å². The molecule has 8 heteroatoms. The van der Waals surface area contributed by atoms with Crippen LogP contribution in [0.4, 0.5) is 5.69 Å². The van der Waals surface area contributed by atoms with E-state index in [2.05, 4.69) is 5.32 Å². The molecule has 3 aromatic carbocycles. The van der Waals surface area contributed by atoms with Gasteiger partial charge >= 0.3 is 0 Å². The molecule has 0 aromatic heterocycles. The van der Waals surface area contributed by atoms with Crippen LogP contribution in [-0.4, -0.2) is 44.3 Å². The van der Waals surface area contributed by atoms with Gasteiger partial charge in [-0.25, -0.2) is 8.42 Å². The molecule has 3 aromatic rings. The number of likely N-dealkylation sites (N-methyl/N-ethyl adjacent to an activating group) is 1. The maximum absolute atomic E-state index is 13.9. The Morgan fingerprint density at radius 3 is 2.11 bits per heavy atom. The average Bonchev–Trinajstić information content (AvgIpc) is 2.87. The van der Waals surface area contributed by atoms with Crippen molar-refractivity contribution in [2.75, 3.05) is 17.4 Å². The smallest absolute Gasteiger partial charge is 0.264 e. The topological polar surface area (TPSA) is 86.8 Å². The first-order valence-electron chi connectivity index (χ1n) is 12.7. The zero-order valence-corrected chi connectivity index (χ0v) is 23.8. The molecule has 3 rings (SSSR count). The van der Waals surface area contributed by atoms with Crippen molar-refractivity contribution in [3.05, 3.63) is 94.5 Å². The molecule has 0 fully saturated rings. The van der Waals surface area contributed by atoms with E-state index in [0.29, 0.717) is 12.2 Å². The highest BCUT2D eigenvalue weighted by atomic mass is 32.2. The summed E-state index contributed by atoms with van der Waals surface area (Å²) < 4.78 is 29.0. The van der Waals surface area contributed by atoms with Crippen molar-refractivity contribution in [2.45, 2.75) is 59.0 Å². The van der Waals surface area contributed by atoms with Gasteiger partial charge < -0.3 is 10.2 Å². The molecule has 0 saturated heterocycles. The normalized spacial score (nSPS) is 12.1. The quantitative estimate of drug-likeness (QED) is 0.409. The first kappa shape index (κ1) is 28.9. The van der Waals surface area contributed by atoms with Gasteiger partial charge in [0.25, 0.3) is 10.0 Å². The molecule has 0 aliphatic heterocycles. The second kappa shape index (κ2) is 12.3. The Bertz CT molecular complexity index is 1400. The molecule has 1 N–H and O–H groups in total. The van der Waals surface area contributed by atoms with Gasteiger partial charge in [0.05, 0.1) is 10.6 Å². The van der Waals surface area contributed by atoms with E-state index >= 15 is 0 Å². The van der Waals surface area contributed by atoms with Gasteiger partial charge in [-0.1, -0.05) is 59.7 Å². The van der Waals surface area contributed by atoms with Gasteiger partial charge in [-0.05, 0) is 76.4 Å². The number of rotatable bonds is 10. The molecule has 0 heterocycles. The third-order valence-corrected chi connectivity index (χ3v) is 8.40. The fourth-order valence-electron chi connectivity index (χ4n) is 4.31. The fraction of sp³-hybridized carbons (Fsp3) is 0.333. The van der Waals surface area contributed by atoms with Gasteiger partial charge in [0.15, 0.2) is 0 Å². The number of amides is 2. The minimum Gasteiger partial charge on any atom is -0.355 e. The van der Waals surface area contributed by atoms with Crippen LogP contribution in [0.1, 0.15) is 41.7 Å². The largest absolute Gasteiger partial charge is 0.355 e. The summed E-state index contributed by atoms with van der Waals surface area (Å²) >= 11 is 0. The van der Waals surface area contributed by atoms with E-state index in [4.69, 9.17) is 0 Å². The standard InChI is InChI=1S/C30H37N3O4S/c1-7-31-30(35)25(6)32(19-26-11-9-8-10-23(26)4)29(34)20-33(28-17-14-22(3)18-24(28)5)38(36,37)27-15-12-21(2)13-16-27/h8-18,25H,7,19-20H2,1-6H3,(H,31,35). The second-order valence-electron chi connectivity index (χ2n) is 9.63. The predicted molar refractivity (Wildman–Crippen MR) is 152 cm³/mol. The van der Waals surface area contributed by atoms with Gasteiger partial charge in [0.2, 0.25) is 11.8 Å².